The molecule has 0 bridgehead atoms. The number of nitrogens with zero attached hydrogens (tertiary/aromatic N) is 2. The van der Waals surface area contributed by atoms with Crippen molar-refractivity contribution in [3.8, 4) is 16.9 Å². The highest BCUT2D eigenvalue weighted by atomic mass is 32.2. The fourth-order valence-corrected chi connectivity index (χ4v) is 4.49. The summed E-state index contributed by atoms with van der Waals surface area (Å²) >= 11 is 0. The van der Waals surface area contributed by atoms with Gasteiger partial charge in [0.1, 0.15) is 11.4 Å². The van der Waals surface area contributed by atoms with Gasteiger partial charge in [0, 0.05) is 48.1 Å². The molecule has 0 radical (unpaired) electrons. The van der Waals surface area contributed by atoms with Gasteiger partial charge in [0.25, 0.3) is 5.56 Å². The molecule has 1 aromatic carbocycles. The van der Waals surface area contributed by atoms with Crippen molar-refractivity contribution >= 4 is 16.5 Å². The summed E-state index contributed by atoms with van der Waals surface area (Å²) in [6.07, 6.45) is 6.56. The monoisotopic (exact) mass is 400 g/mol. The Bertz CT molecular complexity index is 943. The van der Waals surface area contributed by atoms with E-state index in [2.05, 4.69) is 4.90 Å². The molecule has 1 unspecified atom stereocenters. The van der Waals surface area contributed by atoms with Gasteiger partial charge in [-0.1, -0.05) is 6.92 Å². The van der Waals surface area contributed by atoms with Crippen LogP contribution in [0.25, 0.3) is 11.1 Å². The van der Waals surface area contributed by atoms with Gasteiger partial charge in [-0.25, -0.2) is 0 Å². The minimum Gasteiger partial charge on any atom is -0.493 e. The first kappa shape index (κ1) is 19.2. The molecule has 6 heteroatoms. The number of anilines is 1. The van der Waals surface area contributed by atoms with Crippen LogP contribution >= 0.6 is 0 Å². The van der Waals surface area contributed by atoms with Gasteiger partial charge in [0.2, 0.25) is 0 Å². The van der Waals surface area contributed by atoms with Gasteiger partial charge in [0.15, 0.2) is 0 Å². The second-order valence-electron chi connectivity index (χ2n) is 7.77. The molecule has 2 aliphatic rings. The molecule has 150 valence electrons. The van der Waals surface area contributed by atoms with Crippen molar-refractivity contribution in [3.63, 3.8) is 0 Å². The molecule has 2 aromatic rings. The quantitative estimate of drug-likeness (QED) is 0.713. The van der Waals surface area contributed by atoms with Gasteiger partial charge in [0.05, 0.1) is 17.4 Å². The third kappa shape index (κ3) is 4.02. The normalized spacial score (nSPS) is 17.7. The summed E-state index contributed by atoms with van der Waals surface area (Å²) in [6.45, 7) is 4.48. The number of aryl methyl sites for hydroxylation is 1. The van der Waals surface area contributed by atoms with E-state index in [1.165, 1.54) is 12.8 Å². The van der Waals surface area contributed by atoms with Crippen molar-refractivity contribution in [2.45, 2.75) is 37.5 Å². The molecule has 1 aliphatic heterocycles. The number of hydrogen-bond donors (Lipinski definition) is 0. The smallest absolute Gasteiger partial charge is 0.273 e. The molecule has 4 rings (SSSR count). The SMILES string of the molecule is CCS(=O)c1ccc(OCC2CC2)c(-c2cc(N3CCCC3)c(=O)n(C)c2)c1. The summed E-state index contributed by atoms with van der Waals surface area (Å²) in [5, 5.41) is 0. The Morgan fingerprint density at radius 3 is 2.61 bits per heavy atom. The molecule has 1 saturated heterocycles. The Kier molecular flexibility index (Phi) is 5.58. The van der Waals surface area contributed by atoms with Crippen LogP contribution in [0.15, 0.2) is 40.2 Å². The summed E-state index contributed by atoms with van der Waals surface area (Å²) in [6, 6.07) is 7.77. The molecule has 1 saturated carbocycles. The third-order valence-electron chi connectivity index (χ3n) is 5.57. The lowest BCUT2D eigenvalue weighted by Gasteiger charge is -2.20. The Morgan fingerprint density at radius 2 is 1.93 bits per heavy atom. The first-order valence-corrected chi connectivity index (χ1v) is 11.5. The standard InChI is InChI=1S/C22H28N2O3S/c1-3-28(26)18-8-9-21(27-15-16-6-7-16)19(13-18)17-12-20(22(25)23(2)14-17)24-10-4-5-11-24/h8-9,12-14,16H,3-7,10-11,15H2,1-2H3. The van der Waals surface area contributed by atoms with E-state index in [1.54, 1.807) is 11.6 Å². The maximum atomic E-state index is 12.7. The summed E-state index contributed by atoms with van der Waals surface area (Å²) < 4.78 is 20.2. The summed E-state index contributed by atoms with van der Waals surface area (Å²) in [7, 11) is 0.761. The van der Waals surface area contributed by atoms with Crippen molar-refractivity contribution in [1.82, 2.24) is 4.57 Å². The third-order valence-corrected chi connectivity index (χ3v) is 6.87. The van der Waals surface area contributed by atoms with Crippen molar-refractivity contribution in [3.05, 3.63) is 40.8 Å². The number of ether oxygens (including phenoxy) is 1. The van der Waals surface area contributed by atoms with Gasteiger partial charge in [-0.2, -0.15) is 0 Å². The molecule has 0 spiro atoms. The molecule has 1 aromatic heterocycles. The van der Waals surface area contributed by atoms with Crippen molar-refractivity contribution < 1.29 is 8.95 Å². The van der Waals surface area contributed by atoms with E-state index in [0.29, 0.717) is 18.3 Å². The number of pyridine rings is 1. The lowest BCUT2D eigenvalue weighted by molar-refractivity contribution is 0.301. The molecule has 5 nitrogen and oxygen atoms in total. The zero-order chi connectivity index (χ0) is 19.7. The van der Waals surface area contributed by atoms with E-state index >= 15 is 0 Å². The van der Waals surface area contributed by atoms with E-state index in [1.807, 2.05) is 37.4 Å². The predicted molar refractivity (Wildman–Crippen MR) is 114 cm³/mol. The summed E-state index contributed by atoms with van der Waals surface area (Å²) in [5.74, 6) is 2.03. The minimum absolute atomic E-state index is 0.0272. The largest absolute Gasteiger partial charge is 0.493 e. The fraction of sp³-hybridized carbons (Fsp3) is 0.500. The van der Waals surface area contributed by atoms with Crippen LogP contribution in [-0.2, 0) is 17.8 Å². The lowest BCUT2D eigenvalue weighted by atomic mass is 10.1. The maximum absolute atomic E-state index is 12.7. The minimum atomic E-state index is -1.03. The van der Waals surface area contributed by atoms with Crippen LogP contribution in [0.3, 0.4) is 0 Å². The van der Waals surface area contributed by atoms with Crippen LogP contribution < -0.4 is 15.2 Å². The molecular formula is C22H28N2O3S. The van der Waals surface area contributed by atoms with Crippen molar-refractivity contribution in [1.29, 1.82) is 0 Å². The van der Waals surface area contributed by atoms with Crippen LogP contribution in [0.5, 0.6) is 5.75 Å². The summed E-state index contributed by atoms with van der Waals surface area (Å²) in [5.41, 5.74) is 2.62. The fourth-order valence-electron chi connectivity index (χ4n) is 3.69. The van der Waals surface area contributed by atoms with E-state index in [9.17, 15) is 9.00 Å². The van der Waals surface area contributed by atoms with Gasteiger partial charge in [-0.3, -0.25) is 9.00 Å². The van der Waals surface area contributed by atoms with Crippen molar-refractivity contribution in [2.75, 3.05) is 30.3 Å². The van der Waals surface area contributed by atoms with Crippen LogP contribution in [0.4, 0.5) is 5.69 Å². The van der Waals surface area contributed by atoms with E-state index in [0.717, 1.165) is 53.4 Å². The zero-order valence-corrected chi connectivity index (χ0v) is 17.5. The molecule has 1 aliphatic carbocycles. The van der Waals surface area contributed by atoms with Crippen LogP contribution in [0, 0.1) is 5.92 Å². The van der Waals surface area contributed by atoms with Gasteiger partial charge in [-0.15, -0.1) is 0 Å². The number of aromatic nitrogens is 1. The number of hydrogen-bond acceptors (Lipinski definition) is 4. The topological polar surface area (TPSA) is 51.5 Å². The molecule has 1 atom stereocenters. The van der Waals surface area contributed by atoms with Gasteiger partial charge >= 0.3 is 0 Å². The highest BCUT2D eigenvalue weighted by molar-refractivity contribution is 7.85. The Hall–Kier alpha value is -2.08. The van der Waals surface area contributed by atoms with E-state index in [4.69, 9.17) is 4.74 Å². The van der Waals surface area contributed by atoms with Gasteiger partial charge in [-0.05, 0) is 55.9 Å². The molecule has 0 amide bonds. The predicted octanol–water partition coefficient (Wildman–Crippen LogP) is 3.57. The van der Waals surface area contributed by atoms with Crippen LogP contribution in [0.1, 0.15) is 32.6 Å². The highest BCUT2D eigenvalue weighted by Gasteiger charge is 2.23. The Morgan fingerprint density at radius 1 is 1.18 bits per heavy atom. The lowest BCUT2D eigenvalue weighted by Crippen LogP contribution is -2.29. The average Bonchev–Trinajstić information content (AvgIpc) is 3.39. The number of benzene rings is 1. The highest BCUT2D eigenvalue weighted by Crippen LogP contribution is 2.36. The molecular weight excluding hydrogens is 372 g/mol. The Labute approximate surface area is 168 Å². The second-order valence-corrected chi connectivity index (χ2v) is 9.51. The van der Waals surface area contributed by atoms with Gasteiger partial charge < -0.3 is 14.2 Å². The molecule has 2 fully saturated rings. The molecule has 2 heterocycles. The molecule has 0 N–H and O–H groups in total. The average molecular weight is 401 g/mol. The Balaban J connectivity index is 1.78. The van der Waals surface area contributed by atoms with E-state index < -0.39 is 10.8 Å². The molecule has 28 heavy (non-hydrogen) atoms. The first-order chi connectivity index (χ1) is 13.6. The van der Waals surface area contributed by atoms with Crippen LogP contribution in [0.2, 0.25) is 0 Å². The van der Waals surface area contributed by atoms with E-state index in [-0.39, 0.29) is 5.56 Å². The second kappa shape index (κ2) is 8.11. The summed E-state index contributed by atoms with van der Waals surface area (Å²) in [4.78, 5) is 15.7. The van der Waals surface area contributed by atoms with Crippen LogP contribution in [-0.4, -0.2) is 34.2 Å². The first-order valence-electron chi connectivity index (χ1n) is 10.2. The zero-order valence-electron chi connectivity index (χ0n) is 16.6. The number of rotatable bonds is 7. The maximum Gasteiger partial charge on any atom is 0.273 e. The van der Waals surface area contributed by atoms with Crippen molar-refractivity contribution in [2.24, 2.45) is 13.0 Å².